The topological polar surface area (TPSA) is 52.6 Å². The van der Waals surface area contributed by atoms with E-state index in [1.165, 1.54) is 11.1 Å². The third-order valence-electron chi connectivity index (χ3n) is 3.31. The van der Waals surface area contributed by atoms with Crippen LogP contribution >= 0.6 is 0 Å². The van der Waals surface area contributed by atoms with Crippen molar-refractivity contribution in [3.8, 4) is 0 Å². The normalized spacial score (nSPS) is 13.8. The monoisotopic (exact) mass is 248 g/mol. The van der Waals surface area contributed by atoms with Gasteiger partial charge in [0.25, 0.3) is 5.91 Å². The van der Waals surface area contributed by atoms with Crippen LogP contribution in [0, 0.1) is 0 Å². The van der Waals surface area contributed by atoms with Gasteiger partial charge < -0.3 is 15.3 Å². The maximum Gasteiger partial charge on any atom is 0.254 e. The molecule has 0 fully saturated rings. The molecule has 0 radical (unpaired) electrons. The predicted molar refractivity (Wildman–Crippen MR) is 70.2 cm³/mol. The smallest absolute Gasteiger partial charge is 0.254 e. The lowest BCUT2D eigenvalue weighted by Gasteiger charge is -2.26. The summed E-state index contributed by atoms with van der Waals surface area (Å²) in [5, 5.41) is 12.3. The second-order valence-corrected chi connectivity index (χ2v) is 4.90. The Balaban J connectivity index is 2.22. The van der Waals surface area contributed by atoms with Crippen LogP contribution in [0.25, 0.3) is 0 Å². The minimum atomic E-state index is -0.00579. The van der Waals surface area contributed by atoms with Gasteiger partial charge in [-0.3, -0.25) is 4.79 Å². The Bertz CT molecular complexity index is 443. The molecular formula is C14H20N2O2. The quantitative estimate of drug-likeness (QED) is 0.840. The van der Waals surface area contributed by atoms with Gasteiger partial charge in [-0.2, -0.15) is 0 Å². The number of carbonyl (C=O) groups is 1. The summed E-state index contributed by atoms with van der Waals surface area (Å²) in [7, 11) is 0. The van der Waals surface area contributed by atoms with Crippen molar-refractivity contribution in [2.24, 2.45) is 0 Å². The van der Waals surface area contributed by atoms with Crippen LogP contribution in [0.4, 0.5) is 0 Å². The average Bonchev–Trinajstić information content (AvgIpc) is 2.81. The van der Waals surface area contributed by atoms with Gasteiger partial charge in [-0.1, -0.05) is 6.07 Å². The molecule has 0 bridgehead atoms. The molecule has 2 rings (SSSR count). The Morgan fingerprint density at radius 1 is 1.39 bits per heavy atom. The third kappa shape index (κ3) is 2.54. The van der Waals surface area contributed by atoms with E-state index in [9.17, 15) is 4.79 Å². The van der Waals surface area contributed by atoms with Crippen molar-refractivity contribution >= 4 is 5.91 Å². The van der Waals surface area contributed by atoms with Crippen molar-refractivity contribution in [1.29, 1.82) is 0 Å². The average molecular weight is 248 g/mol. The second-order valence-electron chi connectivity index (χ2n) is 4.90. The number of nitrogens with zero attached hydrogens (tertiary/aromatic N) is 1. The molecule has 1 amide bonds. The van der Waals surface area contributed by atoms with Crippen molar-refractivity contribution in [3.05, 3.63) is 34.9 Å². The number of hydrogen-bond donors (Lipinski definition) is 2. The van der Waals surface area contributed by atoms with E-state index in [0.717, 1.165) is 13.1 Å². The van der Waals surface area contributed by atoms with Crippen LogP contribution in [0.5, 0.6) is 0 Å². The molecule has 1 heterocycles. The van der Waals surface area contributed by atoms with Gasteiger partial charge >= 0.3 is 0 Å². The van der Waals surface area contributed by atoms with E-state index < -0.39 is 0 Å². The maximum absolute atomic E-state index is 12.4. The first-order chi connectivity index (χ1) is 8.63. The molecule has 1 aromatic rings. The molecule has 0 aromatic heterocycles. The van der Waals surface area contributed by atoms with Crippen molar-refractivity contribution in [2.45, 2.75) is 33.0 Å². The van der Waals surface area contributed by atoms with E-state index in [1.54, 1.807) is 4.90 Å². The van der Waals surface area contributed by atoms with Crippen LogP contribution in [0.15, 0.2) is 18.2 Å². The highest BCUT2D eigenvalue weighted by atomic mass is 16.3. The van der Waals surface area contributed by atoms with Crippen molar-refractivity contribution in [2.75, 3.05) is 13.2 Å². The number of amides is 1. The van der Waals surface area contributed by atoms with Gasteiger partial charge in [-0.25, -0.2) is 0 Å². The number of aliphatic hydroxyl groups is 1. The summed E-state index contributed by atoms with van der Waals surface area (Å²) >= 11 is 0. The Labute approximate surface area is 108 Å². The molecule has 1 aliphatic heterocycles. The molecule has 98 valence electrons. The lowest BCUT2D eigenvalue weighted by atomic mass is 10.1. The zero-order valence-electron chi connectivity index (χ0n) is 10.9. The summed E-state index contributed by atoms with van der Waals surface area (Å²) in [6.45, 7) is 6.01. The van der Waals surface area contributed by atoms with E-state index in [4.69, 9.17) is 5.11 Å². The summed E-state index contributed by atoms with van der Waals surface area (Å²) in [6, 6.07) is 5.95. The zero-order chi connectivity index (χ0) is 13.1. The van der Waals surface area contributed by atoms with E-state index in [2.05, 4.69) is 5.32 Å². The molecule has 0 atom stereocenters. The Hall–Kier alpha value is -1.39. The standard InChI is InChI=1S/C14H20N2O2/c1-10(2)16(5-6-17)14(18)11-3-4-12-8-15-9-13(12)7-11/h3-4,7,10,15,17H,5-6,8-9H2,1-2H3. The highest BCUT2D eigenvalue weighted by Crippen LogP contribution is 2.18. The van der Waals surface area contributed by atoms with E-state index in [0.29, 0.717) is 12.1 Å². The minimum absolute atomic E-state index is 0.00356. The van der Waals surface area contributed by atoms with Gasteiger partial charge in [0, 0.05) is 31.2 Å². The Morgan fingerprint density at radius 3 is 2.78 bits per heavy atom. The van der Waals surface area contributed by atoms with E-state index in [-0.39, 0.29) is 18.6 Å². The first kappa shape index (κ1) is 13.1. The van der Waals surface area contributed by atoms with Crippen LogP contribution in [0.2, 0.25) is 0 Å². The highest BCUT2D eigenvalue weighted by Gasteiger charge is 2.20. The minimum Gasteiger partial charge on any atom is -0.395 e. The van der Waals surface area contributed by atoms with E-state index in [1.807, 2.05) is 32.0 Å². The molecule has 2 N–H and O–H groups in total. The number of rotatable bonds is 4. The molecule has 0 saturated heterocycles. The largest absolute Gasteiger partial charge is 0.395 e. The molecule has 0 saturated carbocycles. The van der Waals surface area contributed by atoms with Crippen LogP contribution in [0.1, 0.15) is 35.3 Å². The molecule has 0 unspecified atom stereocenters. The molecule has 1 aromatic carbocycles. The van der Waals surface area contributed by atoms with Crippen LogP contribution in [0.3, 0.4) is 0 Å². The summed E-state index contributed by atoms with van der Waals surface area (Å²) in [6.07, 6.45) is 0. The summed E-state index contributed by atoms with van der Waals surface area (Å²) in [5.74, 6) is -0.00579. The Morgan fingerprint density at radius 2 is 2.11 bits per heavy atom. The summed E-state index contributed by atoms with van der Waals surface area (Å²) in [5.41, 5.74) is 3.18. The number of nitrogens with one attached hydrogen (secondary N) is 1. The number of fused-ring (bicyclic) bond motifs is 1. The molecule has 1 aliphatic rings. The predicted octanol–water partition coefficient (Wildman–Crippen LogP) is 1.13. The maximum atomic E-state index is 12.4. The number of hydrogen-bond acceptors (Lipinski definition) is 3. The van der Waals surface area contributed by atoms with Gasteiger partial charge in [-0.05, 0) is 37.1 Å². The number of aliphatic hydroxyl groups excluding tert-OH is 1. The number of carbonyl (C=O) groups excluding carboxylic acids is 1. The van der Waals surface area contributed by atoms with Gasteiger partial charge in [0.05, 0.1) is 6.61 Å². The first-order valence-corrected chi connectivity index (χ1v) is 6.38. The molecule has 0 spiro atoms. The first-order valence-electron chi connectivity index (χ1n) is 6.38. The fraction of sp³-hybridized carbons (Fsp3) is 0.500. The number of benzene rings is 1. The van der Waals surface area contributed by atoms with Crippen LogP contribution < -0.4 is 5.32 Å². The second kappa shape index (κ2) is 5.50. The molecule has 0 aliphatic carbocycles. The fourth-order valence-corrected chi connectivity index (χ4v) is 2.30. The van der Waals surface area contributed by atoms with Gasteiger partial charge in [0.1, 0.15) is 0 Å². The molecule has 18 heavy (non-hydrogen) atoms. The van der Waals surface area contributed by atoms with Crippen molar-refractivity contribution in [3.63, 3.8) is 0 Å². The Kier molecular flexibility index (Phi) is 3.99. The van der Waals surface area contributed by atoms with Gasteiger partial charge in [0.2, 0.25) is 0 Å². The SMILES string of the molecule is CC(C)N(CCO)C(=O)c1ccc2c(c1)CNC2. The lowest BCUT2D eigenvalue weighted by Crippen LogP contribution is -2.39. The summed E-state index contributed by atoms with van der Waals surface area (Å²) in [4.78, 5) is 14.1. The van der Waals surface area contributed by atoms with E-state index >= 15 is 0 Å². The zero-order valence-corrected chi connectivity index (χ0v) is 10.9. The molecular weight excluding hydrogens is 228 g/mol. The van der Waals surface area contributed by atoms with Crippen LogP contribution in [-0.2, 0) is 13.1 Å². The molecule has 4 heteroatoms. The van der Waals surface area contributed by atoms with Crippen LogP contribution in [-0.4, -0.2) is 35.1 Å². The highest BCUT2D eigenvalue weighted by molar-refractivity contribution is 5.94. The summed E-state index contributed by atoms with van der Waals surface area (Å²) < 4.78 is 0. The fourth-order valence-electron chi connectivity index (χ4n) is 2.30. The van der Waals surface area contributed by atoms with Gasteiger partial charge in [0.15, 0.2) is 0 Å². The molecule has 4 nitrogen and oxygen atoms in total. The van der Waals surface area contributed by atoms with Crippen molar-refractivity contribution in [1.82, 2.24) is 10.2 Å². The third-order valence-corrected chi connectivity index (χ3v) is 3.31. The van der Waals surface area contributed by atoms with Gasteiger partial charge in [-0.15, -0.1) is 0 Å². The van der Waals surface area contributed by atoms with Crippen molar-refractivity contribution < 1.29 is 9.90 Å². The lowest BCUT2D eigenvalue weighted by molar-refractivity contribution is 0.0665.